The van der Waals surface area contributed by atoms with Crippen molar-refractivity contribution < 1.29 is 8.42 Å². The van der Waals surface area contributed by atoms with Crippen molar-refractivity contribution in [3.05, 3.63) is 87.3 Å². The molecule has 3 aromatic rings. The maximum absolute atomic E-state index is 12.5. The summed E-state index contributed by atoms with van der Waals surface area (Å²) in [6.45, 7) is 2.23. The van der Waals surface area contributed by atoms with Crippen molar-refractivity contribution in [2.45, 2.75) is 24.4 Å². The SMILES string of the molecule is CC(Nc1cnn(Cc2ccccc2)c(=O)c1Cl)c1ccc(S(C)(=O)=O)cc1. The smallest absolute Gasteiger partial charge is 0.287 e. The summed E-state index contributed by atoms with van der Waals surface area (Å²) in [7, 11) is -3.24. The lowest BCUT2D eigenvalue weighted by molar-refractivity contribution is 0.602. The molecular formula is C20H20ClN3O3S. The largest absolute Gasteiger partial charge is 0.376 e. The molecule has 0 bridgehead atoms. The predicted molar refractivity (Wildman–Crippen MR) is 111 cm³/mol. The van der Waals surface area contributed by atoms with E-state index in [0.29, 0.717) is 12.2 Å². The van der Waals surface area contributed by atoms with Crippen LogP contribution in [0.1, 0.15) is 24.1 Å². The number of sulfone groups is 1. The molecule has 0 fully saturated rings. The van der Waals surface area contributed by atoms with E-state index in [-0.39, 0.29) is 21.5 Å². The summed E-state index contributed by atoms with van der Waals surface area (Å²) in [6, 6.07) is 15.9. The number of hydrogen-bond donors (Lipinski definition) is 1. The van der Waals surface area contributed by atoms with Crippen LogP contribution < -0.4 is 10.9 Å². The van der Waals surface area contributed by atoms with Crippen LogP contribution in [0.5, 0.6) is 0 Å². The van der Waals surface area contributed by atoms with Crippen LogP contribution in [0.25, 0.3) is 0 Å². The normalized spacial score (nSPS) is 12.5. The van der Waals surface area contributed by atoms with Gasteiger partial charge in [0.15, 0.2) is 9.84 Å². The summed E-state index contributed by atoms with van der Waals surface area (Å²) in [5.74, 6) is 0. The monoisotopic (exact) mass is 417 g/mol. The Labute approximate surface area is 168 Å². The van der Waals surface area contributed by atoms with Gasteiger partial charge in [0.2, 0.25) is 0 Å². The first-order valence-electron chi connectivity index (χ1n) is 8.62. The van der Waals surface area contributed by atoms with E-state index in [1.54, 1.807) is 24.3 Å². The molecule has 6 nitrogen and oxygen atoms in total. The number of rotatable bonds is 6. The fraction of sp³-hybridized carbons (Fsp3) is 0.200. The predicted octanol–water partition coefficient (Wildman–Crippen LogP) is 3.52. The molecule has 0 aliphatic heterocycles. The molecule has 0 aliphatic carbocycles. The zero-order chi connectivity index (χ0) is 20.3. The highest BCUT2D eigenvalue weighted by molar-refractivity contribution is 7.90. The summed E-state index contributed by atoms with van der Waals surface area (Å²) in [4.78, 5) is 12.8. The Morgan fingerprint density at radius 3 is 2.36 bits per heavy atom. The van der Waals surface area contributed by atoms with Crippen molar-refractivity contribution in [3.63, 3.8) is 0 Å². The lowest BCUT2D eigenvalue weighted by Gasteiger charge is -2.17. The van der Waals surface area contributed by atoms with Gasteiger partial charge in [0.1, 0.15) is 5.02 Å². The third-order valence-corrected chi connectivity index (χ3v) is 5.83. The molecule has 1 aromatic heterocycles. The second kappa shape index (κ2) is 8.16. The van der Waals surface area contributed by atoms with Crippen molar-refractivity contribution in [1.29, 1.82) is 0 Å². The van der Waals surface area contributed by atoms with Crippen molar-refractivity contribution in [2.75, 3.05) is 11.6 Å². The number of benzene rings is 2. The fourth-order valence-electron chi connectivity index (χ4n) is 2.75. The maximum atomic E-state index is 12.5. The van der Waals surface area contributed by atoms with E-state index < -0.39 is 9.84 Å². The second-order valence-corrected chi connectivity index (χ2v) is 8.92. The quantitative estimate of drug-likeness (QED) is 0.663. The third-order valence-electron chi connectivity index (χ3n) is 4.34. The summed E-state index contributed by atoms with van der Waals surface area (Å²) in [5, 5.41) is 7.43. The van der Waals surface area contributed by atoms with E-state index in [1.807, 2.05) is 37.3 Å². The molecule has 0 saturated carbocycles. The summed E-state index contributed by atoms with van der Waals surface area (Å²) < 4.78 is 24.5. The van der Waals surface area contributed by atoms with E-state index in [0.717, 1.165) is 11.1 Å². The average Bonchev–Trinajstić information content (AvgIpc) is 2.68. The van der Waals surface area contributed by atoms with Gasteiger partial charge >= 0.3 is 0 Å². The first-order valence-corrected chi connectivity index (χ1v) is 10.9. The van der Waals surface area contributed by atoms with Crippen LogP contribution in [0.15, 0.2) is 70.5 Å². The van der Waals surface area contributed by atoms with E-state index in [9.17, 15) is 13.2 Å². The van der Waals surface area contributed by atoms with Crippen LogP contribution in [0, 0.1) is 0 Å². The molecule has 28 heavy (non-hydrogen) atoms. The minimum absolute atomic E-state index is 0.0607. The van der Waals surface area contributed by atoms with Crippen molar-refractivity contribution >= 4 is 27.1 Å². The molecule has 1 atom stereocenters. The van der Waals surface area contributed by atoms with Gasteiger partial charge in [0.05, 0.1) is 23.3 Å². The molecule has 8 heteroatoms. The Morgan fingerprint density at radius 2 is 1.75 bits per heavy atom. The Hall–Kier alpha value is -2.64. The molecule has 0 saturated heterocycles. The van der Waals surface area contributed by atoms with Gasteiger partial charge in [0.25, 0.3) is 5.56 Å². The summed E-state index contributed by atoms with van der Waals surface area (Å²) >= 11 is 6.27. The molecule has 0 aliphatic rings. The topological polar surface area (TPSA) is 81.1 Å². The van der Waals surface area contributed by atoms with E-state index >= 15 is 0 Å². The second-order valence-electron chi connectivity index (χ2n) is 6.53. The van der Waals surface area contributed by atoms with Crippen LogP contribution in [-0.2, 0) is 16.4 Å². The minimum atomic E-state index is -3.24. The van der Waals surface area contributed by atoms with Crippen LogP contribution in [0.4, 0.5) is 5.69 Å². The summed E-state index contributed by atoms with van der Waals surface area (Å²) in [6.07, 6.45) is 2.69. The Bertz CT molecular complexity index is 1130. The summed E-state index contributed by atoms with van der Waals surface area (Å²) in [5.41, 5.74) is 1.86. The zero-order valence-electron chi connectivity index (χ0n) is 15.5. The third kappa shape index (κ3) is 4.61. The number of halogens is 1. The van der Waals surface area contributed by atoms with Gasteiger partial charge in [-0.2, -0.15) is 5.10 Å². The molecule has 3 rings (SSSR count). The molecule has 0 amide bonds. The van der Waals surface area contributed by atoms with Crippen molar-refractivity contribution in [1.82, 2.24) is 9.78 Å². The van der Waals surface area contributed by atoms with Gasteiger partial charge in [-0.15, -0.1) is 0 Å². The lowest BCUT2D eigenvalue weighted by atomic mass is 10.1. The highest BCUT2D eigenvalue weighted by atomic mass is 35.5. The van der Waals surface area contributed by atoms with Gasteiger partial charge in [-0.1, -0.05) is 54.1 Å². The van der Waals surface area contributed by atoms with Gasteiger partial charge in [-0.05, 0) is 30.2 Å². The Morgan fingerprint density at radius 1 is 1.11 bits per heavy atom. The van der Waals surface area contributed by atoms with Crippen LogP contribution in [0.3, 0.4) is 0 Å². The molecule has 1 unspecified atom stereocenters. The van der Waals surface area contributed by atoms with Crippen molar-refractivity contribution in [2.24, 2.45) is 0 Å². The fourth-order valence-corrected chi connectivity index (χ4v) is 3.59. The van der Waals surface area contributed by atoms with Crippen LogP contribution in [-0.4, -0.2) is 24.5 Å². The highest BCUT2D eigenvalue weighted by Crippen LogP contribution is 2.24. The van der Waals surface area contributed by atoms with E-state index in [4.69, 9.17) is 11.6 Å². The maximum Gasteiger partial charge on any atom is 0.287 e. The first-order chi connectivity index (χ1) is 13.3. The molecule has 1 N–H and O–H groups in total. The molecule has 1 heterocycles. The molecule has 0 radical (unpaired) electrons. The molecule has 0 spiro atoms. The van der Waals surface area contributed by atoms with Gasteiger partial charge in [0, 0.05) is 12.3 Å². The Balaban J connectivity index is 1.79. The van der Waals surface area contributed by atoms with Crippen LogP contribution >= 0.6 is 11.6 Å². The van der Waals surface area contributed by atoms with Gasteiger partial charge < -0.3 is 5.32 Å². The number of hydrogen-bond acceptors (Lipinski definition) is 5. The Kier molecular flexibility index (Phi) is 5.86. The van der Waals surface area contributed by atoms with E-state index in [1.165, 1.54) is 17.1 Å². The number of aromatic nitrogens is 2. The lowest BCUT2D eigenvalue weighted by Crippen LogP contribution is -2.25. The van der Waals surface area contributed by atoms with Gasteiger partial charge in [-0.3, -0.25) is 4.79 Å². The zero-order valence-corrected chi connectivity index (χ0v) is 17.0. The average molecular weight is 418 g/mol. The van der Waals surface area contributed by atoms with E-state index in [2.05, 4.69) is 10.4 Å². The molecule has 2 aromatic carbocycles. The van der Waals surface area contributed by atoms with Crippen LogP contribution in [0.2, 0.25) is 5.02 Å². The first kappa shape index (κ1) is 20.1. The molecule has 146 valence electrons. The minimum Gasteiger partial charge on any atom is -0.376 e. The number of nitrogens with one attached hydrogen (secondary N) is 1. The van der Waals surface area contributed by atoms with Gasteiger partial charge in [-0.25, -0.2) is 13.1 Å². The van der Waals surface area contributed by atoms with Crippen molar-refractivity contribution in [3.8, 4) is 0 Å². The number of anilines is 1. The molecular weight excluding hydrogens is 398 g/mol. The number of nitrogens with zero attached hydrogens (tertiary/aromatic N) is 2. The standard InChI is InChI=1S/C20H20ClN3O3S/c1-14(16-8-10-17(11-9-16)28(2,26)27)23-18-12-22-24(20(25)19(18)21)13-15-6-4-3-5-7-15/h3-12,14,23H,13H2,1-2H3. The highest BCUT2D eigenvalue weighted by Gasteiger charge is 2.14.